The molecule has 0 bridgehead atoms. The van der Waals surface area contributed by atoms with Gasteiger partial charge in [-0.3, -0.25) is 4.79 Å². The number of aryl methyl sites for hydroxylation is 3. The molecule has 0 aliphatic carbocycles. The zero-order valence-electron chi connectivity index (χ0n) is 17.2. The highest BCUT2D eigenvalue weighted by atomic mass is 32.1. The SMILES string of the molecule is CCc1nnc(NC(=O)[C@@H]2CCCN(c3ncnc4c3nc3n4CCCCC3)C2)s1. The maximum absolute atomic E-state index is 12.9. The maximum Gasteiger partial charge on any atom is 0.231 e. The molecule has 0 spiro atoms. The van der Waals surface area contributed by atoms with Crippen molar-refractivity contribution in [3.8, 4) is 0 Å². The predicted molar refractivity (Wildman–Crippen MR) is 116 cm³/mol. The molecule has 1 atom stereocenters. The number of amides is 1. The lowest BCUT2D eigenvalue weighted by atomic mass is 9.97. The molecule has 5 heterocycles. The minimum absolute atomic E-state index is 0.00410. The Bertz CT molecular complexity index is 1060. The van der Waals surface area contributed by atoms with E-state index in [-0.39, 0.29) is 11.8 Å². The summed E-state index contributed by atoms with van der Waals surface area (Å²) in [5.41, 5.74) is 1.79. The Balaban J connectivity index is 1.37. The van der Waals surface area contributed by atoms with Crippen LogP contribution in [0.3, 0.4) is 0 Å². The minimum Gasteiger partial charge on any atom is -0.354 e. The van der Waals surface area contributed by atoms with Crippen molar-refractivity contribution in [1.82, 2.24) is 29.7 Å². The van der Waals surface area contributed by atoms with Gasteiger partial charge in [-0.2, -0.15) is 0 Å². The van der Waals surface area contributed by atoms with E-state index in [0.29, 0.717) is 11.7 Å². The lowest BCUT2D eigenvalue weighted by Crippen LogP contribution is -2.41. The number of aromatic nitrogens is 6. The van der Waals surface area contributed by atoms with Gasteiger partial charge < -0.3 is 14.8 Å². The van der Waals surface area contributed by atoms with Gasteiger partial charge in [0.15, 0.2) is 17.0 Å². The summed E-state index contributed by atoms with van der Waals surface area (Å²) in [6.45, 7) is 4.49. The first kappa shape index (κ1) is 19.3. The number of carbonyl (C=O) groups is 1. The maximum atomic E-state index is 12.9. The summed E-state index contributed by atoms with van der Waals surface area (Å²) in [4.78, 5) is 29.1. The third-order valence-corrected chi connectivity index (χ3v) is 6.95. The molecule has 1 N–H and O–H groups in total. The monoisotopic (exact) mass is 426 g/mol. The first-order valence-corrected chi connectivity index (χ1v) is 11.6. The molecular weight excluding hydrogens is 400 g/mol. The van der Waals surface area contributed by atoms with Crippen molar-refractivity contribution < 1.29 is 4.79 Å². The van der Waals surface area contributed by atoms with Gasteiger partial charge in [0.1, 0.15) is 17.2 Å². The zero-order valence-corrected chi connectivity index (χ0v) is 18.0. The van der Waals surface area contributed by atoms with E-state index < -0.39 is 0 Å². The molecule has 5 rings (SSSR count). The number of imidazole rings is 1. The Kier molecular flexibility index (Phi) is 5.32. The van der Waals surface area contributed by atoms with E-state index in [4.69, 9.17) is 4.98 Å². The van der Waals surface area contributed by atoms with Crippen LogP contribution < -0.4 is 10.2 Å². The molecule has 3 aromatic heterocycles. The van der Waals surface area contributed by atoms with Gasteiger partial charge in [0, 0.05) is 26.1 Å². The van der Waals surface area contributed by atoms with Crippen LogP contribution >= 0.6 is 11.3 Å². The summed E-state index contributed by atoms with van der Waals surface area (Å²) in [6.07, 6.45) is 8.81. The van der Waals surface area contributed by atoms with Crippen LogP contribution in [0.2, 0.25) is 0 Å². The molecule has 10 heteroatoms. The number of hydrogen-bond acceptors (Lipinski definition) is 8. The molecule has 3 aromatic rings. The van der Waals surface area contributed by atoms with Crippen molar-refractivity contribution in [1.29, 1.82) is 0 Å². The molecular formula is C20H26N8OS. The van der Waals surface area contributed by atoms with Crippen LogP contribution in [0.1, 0.15) is 49.9 Å². The summed E-state index contributed by atoms with van der Waals surface area (Å²) in [6, 6.07) is 0. The number of hydrogen-bond donors (Lipinski definition) is 1. The Labute approximate surface area is 179 Å². The van der Waals surface area contributed by atoms with Gasteiger partial charge in [-0.05, 0) is 32.1 Å². The van der Waals surface area contributed by atoms with Crippen LogP contribution in [-0.4, -0.2) is 48.7 Å². The first-order valence-electron chi connectivity index (χ1n) is 10.8. The second-order valence-corrected chi connectivity index (χ2v) is 9.05. The number of rotatable bonds is 4. The molecule has 2 aliphatic heterocycles. The van der Waals surface area contributed by atoms with Crippen molar-refractivity contribution >= 4 is 39.4 Å². The van der Waals surface area contributed by atoms with Gasteiger partial charge in [0.2, 0.25) is 11.0 Å². The predicted octanol–water partition coefficient (Wildman–Crippen LogP) is 2.82. The number of nitrogens with one attached hydrogen (secondary N) is 1. The topological polar surface area (TPSA) is 102 Å². The number of carbonyl (C=O) groups excluding carboxylic acids is 1. The van der Waals surface area contributed by atoms with Crippen LogP contribution in [0.4, 0.5) is 10.9 Å². The molecule has 9 nitrogen and oxygen atoms in total. The van der Waals surface area contributed by atoms with E-state index in [9.17, 15) is 4.79 Å². The van der Waals surface area contributed by atoms with Crippen LogP contribution in [0.25, 0.3) is 11.2 Å². The van der Waals surface area contributed by atoms with Crippen molar-refractivity contribution in [3.63, 3.8) is 0 Å². The van der Waals surface area contributed by atoms with Crippen LogP contribution in [-0.2, 0) is 24.2 Å². The lowest BCUT2D eigenvalue weighted by Gasteiger charge is -2.32. The van der Waals surface area contributed by atoms with Gasteiger partial charge in [0.05, 0.1) is 5.92 Å². The highest BCUT2D eigenvalue weighted by Crippen LogP contribution is 2.30. The van der Waals surface area contributed by atoms with E-state index in [0.717, 1.165) is 73.0 Å². The van der Waals surface area contributed by atoms with E-state index >= 15 is 0 Å². The van der Waals surface area contributed by atoms with Gasteiger partial charge in [-0.15, -0.1) is 10.2 Å². The Morgan fingerprint density at radius 2 is 2.13 bits per heavy atom. The fourth-order valence-corrected chi connectivity index (χ4v) is 5.08. The fraction of sp³-hybridized carbons (Fsp3) is 0.600. The normalized spacial score (nSPS) is 19.5. The molecule has 30 heavy (non-hydrogen) atoms. The average Bonchev–Trinajstić information content (AvgIpc) is 3.30. The summed E-state index contributed by atoms with van der Waals surface area (Å²) in [7, 11) is 0. The number of nitrogens with zero attached hydrogens (tertiary/aromatic N) is 7. The number of fused-ring (bicyclic) bond motifs is 3. The smallest absolute Gasteiger partial charge is 0.231 e. The largest absolute Gasteiger partial charge is 0.354 e. The third-order valence-electron chi connectivity index (χ3n) is 5.96. The highest BCUT2D eigenvalue weighted by molar-refractivity contribution is 7.15. The van der Waals surface area contributed by atoms with Gasteiger partial charge in [-0.25, -0.2) is 15.0 Å². The second-order valence-electron chi connectivity index (χ2n) is 7.99. The molecule has 2 aliphatic rings. The van der Waals surface area contributed by atoms with E-state index in [1.165, 1.54) is 24.2 Å². The van der Waals surface area contributed by atoms with E-state index in [1.807, 2.05) is 6.92 Å². The summed E-state index contributed by atoms with van der Waals surface area (Å²) < 4.78 is 2.25. The van der Waals surface area contributed by atoms with Gasteiger partial charge in [0.25, 0.3) is 0 Å². The molecule has 1 fully saturated rings. The number of anilines is 2. The summed E-state index contributed by atoms with van der Waals surface area (Å²) >= 11 is 1.44. The number of piperidine rings is 1. The minimum atomic E-state index is -0.113. The molecule has 158 valence electrons. The third kappa shape index (κ3) is 3.64. The Hall–Kier alpha value is -2.62. The standard InChI is InChI=1S/C20H26N8OS/c1-2-15-25-26-20(30-15)24-19(29)13-7-6-9-27(11-13)17-16-18(22-12-21-17)28-10-5-3-4-8-14(28)23-16/h12-13H,2-11H2,1H3,(H,24,26,29)/t13-/m1/s1. The van der Waals surface area contributed by atoms with Crippen molar-refractivity contribution in [3.05, 3.63) is 17.2 Å². The lowest BCUT2D eigenvalue weighted by molar-refractivity contribution is -0.120. The van der Waals surface area contributed by atoms with Crippen molar-refractivity contribution in [2.45, 2.75) is 58.4 Å². The Morgan fingerprint density at radius 1 is 1.20 bits per heavy atom. The summed E-state index contributed by atoms with van der Waals surface area (Å²) in [5.74, 6) is 1.85. The van der Waals surface area contributed by atoms with E-state index in [2.05, 4.69) is 34.9 Å². The van der Waals surface area contributed by atoms with Gasteiger partial charge in [-0.1, -0.05) is 24.7 Å². The van der Waals surface area contributed by atoms with Crippen molar-refractivity contribution in [2.75, 3.05) is 23.3 Å². The van der Waals surface area contributed by atoms with E-state index in [1.54, 1.807) is 6.33 Å². The molecule has 0 radical (unpaired) electrons. The molecule has 0 aromatic carbocycles. The zero-order chi connectivity index (χ0) is 20.5. The average molecular weight is 427 g/mol. The molecule has 0 saturated carbocycles. The second kappa shape index (κ2) is 8.25. The fourth-order valence-electron chi connectivity index (χ4n) is 4.39. The quantitative estimate of drug-likeness (QED) is 0.684. The van der Waals surface area contributed by atoms with Crippen LogP contribution in [0.5, 0.6) is 0 Å². The molecule has 1 saturated heterocycles. The molecule has 1 amide bonds. The Morgan fingerprint density at radius 3 is 3.00 bits per heavy atom. The first-order chi connectivity index (χ1) is 14.7. The van der Waals surface area contributed by atoms with Gasteiger partial charge >= 0.3 is 0 Å². The van der Waals surface area contributed by atoms with Crippen LogP contribution in [0, 0.1) is 5.92 Å². The highest BCUT2D eigenvalue weighted by Gasteiger charge is 2.29. The summed E-state index contributed by atoms with van der Waals surface area (Å²) in [5, 5.41) is 12.6. The van der Waals surface area contributed by atoms with Crippen LogP contribution in [0.15, 0.2) is 6.33 Å². The van der Waals surface area contributed by atoms with Crippen molar-refractivity contribution in [2.24, 2.45) is 5.92 Å². The molecule has 0 unspecified atom stereocenters.